The van der Waals surface area contributed by atoms with Gasteiger partial charge in [-0.15, -0.1) is 11.3 Å². The van der Waals surface area contributed by atoms with E-state index in [1.54, 1.807) is 17.7 Å². The lowest BCUT2D eigenvalue weighted by atomic mass is 10.1. The zero-order valence-electron chi connectivity index (χ0n) is 15.8. The Morgan fingerprint density at radius 2 is 1.96 bits per heavy atom. The number of anilines is 1. The monoisotopic (exact) mass is 387 g/mol. The third kappa shape index (κ3) is 4.41. The molecular weight excluding hydrogens is 358 g/mol. The molecule has 1 atom stereocenters. The first kappa shape index (κ1) is 18.6. The molecule has 2 fully saturated rings. The highest BCUT2D eigenvalue weighted by molar-refractivity contribution is 7.16. The van der Waals surface area contributed by atoms with Crippen molar-refractivity contribution in [3.05, 3.63) is 17.8 Å². The maximum Gasteiger partial charge on any atom is 0.242 e. The number of hydrogen-bond donors (Lipinski definition) is 2. The fraction of sp³-hybridized carbons (Fsp3) is 0.650. The first-order chi connectivity index (χ1) is 13.3. The highest BCUT2D eigenvalue weighted by Crippen LogP contribution is 2.31. The topological polar surface area (TPSA) is 70.2 Å². The van der Waals surface area contributed by atoms with Crippen molar-refractivity contribution >= 4 is 33.3 Å². The Kier molecular flexibility index (Phi) is 6.19. The molecule has 1 saturated carbocycles. The van der Waals surface area contributed by atoms with E-state index >= 15 is 0 Å². The van der Waals surface area contributed by atoms with Crippen LogP contribution in [0.4, 0.5) is 5.82 Å². The summed E-state index contributed by atoms with van der Waals surface area (Å²) in [6.07, 6.45) is 11.5. The van der Waals surface area contributed by atoms with E-state index in [4.69, 9.17) is 0 Å². The van der Waals surface area contributed by atoms with E-state index < -0.39 is 0 Å². The molecule has 2 aliphatic rings. The number of nitrogens with zero attached hydrogens (tertiary/aromatic N) is 3. The van der Waals surface area contributed by atoms with Gasteiger partial charge in [0.25, 0.3) is 0 Å². The predicted octanol–water partition coefficient (Wildman–Crippen LogP) is 3.09. The summed E-state index contributed by atoms with van der Waals surface area (Å²) in [6, 6.07) is 2.56. The summed E-state index contributed by atoms with van der Waals surface area (Å²) in [5.74, 6) is 1.02. The molecule has 2 aromatic heterocycles. The first-order valence-electron chi connectivity index (χ1n) is 10.3. The van der Waals surface area contributed by atoms with Gasteiger partial charge >= 0.3 is 0 Å². The maximum atomic E-state index is 12.8. The molecule has 2 N–H and O–H groups in total. The Morgan fingerprint density at radius 3 is 2.81 bits per heavy atom. The summed E-state index contributed by atoms with van der Waals surface area (Å²) < 4.78 is 0. The summed E-state index contributed by atoms with van der Waals surface area (Å²) in [4.78, 5) is 24.7. The van der Waals surface area contributed by atoms with Gasteiger partial charge in [0.15, 0.2) is 0 Å². The molecule has 0 spiro atoms. The summed E-state index contributed by atoms with van der Waals surface area (Å²) >= 11 is 1.62. The van der Waals surface area contributed by atoms with Gasteiger partial charge in [-0.3, -0.25) is 4.79 Å². The van der Waals surface area contributed by atoms with E-state index in [1.165, 1.54) is 38.5 Å². The van der Waals surface area contributed by atoms with Gasteiger partial charge in [0.2, 0.25) is 5.91 Å². The van der Waals surface area contributed by atoms with Gasteiger partial charge in [-0.25, -0.2) is 9.97 Å². The Balaban J connectivity index is 1.31. The molecule has 1 amide bonds. The number of carbonyl (C=O) groups is 1. The molecule has 0 radical (unpaired) electrons. The predicted molar refractivity (Wildman–Crippen MR) is 110 cm³/mol. The third-order valence-corrected chi connectivity index (χ3v) is 6.60. The van der Waals surface area contributed by atoms with Crippen molar-refractivity contribution in [1.29, 1.82) is 0 Å². The average molecular weight is 388 g/mol. The van der Waals surface area contributed by atoms with E-state index in [0.29, 0.717) is 12.6 Å². The average Bonchev–Trinajstić information content (AvgIpc) is 3.29. The highest BCUT2D eigenvalue weighted by atomic mass is 32.1. The molecule has 2 aromatic rings. The number of nitrogens with one attached hydrogen (secondary N) is 2. The number of amides is 1. The molecule has 27 heavy (non-hydrogen) atoms. The molecular formula is C20H29N5OS. The zero-order chi connectivity index (χ0) is 18.5. The fourth-order valence-electron chi connectivity index (χ4n) is 4.36. The fourth-order valence-corrected chi connectivity index (χ4v) is 5.09. The second kappa shape index (κ2) is 8.97. The van der Waals surface area contributed by atoms with Gasteiger partial charge in [0, 0.05) is 25.7 Å². The maximum absolute atomic E-state index is 12.8. The standard InChI is InChI=1S/C20H29N5OS/c26-19(22-11-10-21-15-6-3-1-2-4-7-15)17-8-5-12-25(17)18-16-9-13-27-20(16)24-14-23-18/h9,13-15,17,21H,1-8,10-12H2,(H,22,26). The second-order valence-electron chi connectivity index (χ2n) is 7.62. The second-order valence-corrected chi connectivity index (χ2v) is 8.52. The van der Waals surface area contributed by atoms with Crippen molar-refractivity contribution in [3.63, 3.8) is 0 Å². The molecule has 1 aliphatic carbocycles. The van der Waals surface area contributed by atoms with Crippen LogP contribution in [0.2, 0.25) is 0 Å². The minimum absolute atomic E-state index is 0.122. The van der Waals surface area contributed by atoms with Crippen molar-refractivity contribution in [3.8, 4) is 0 Å². The molecule has 1 unspecified atom stereocenters. The largest absolute Gasteiger partial charge is 0.353 e. The summed E-state index contributed by atoms with van der Waals surface area (Å²) in [6.45, 7) is 2.42. The van der Waals surface area contributed by atoms with Crippen LogP contribution in [0.5, 0.6) is 0 Å². The molecule has 0 aromatic carbocycles. The van der Waals surface area contributed by atoms with Crippen LogP contribution in [0.25, 0.3) is 10.2 Å². The van der Waals surface area contributed by atoms with E-state index in [9.17, 15) is 4.79 Å². The number of thiophene rings is 1. The molecule has 6 nitrogen and oxygen atoms in total. The molecule has 1 aliphatic heterocycles. The quantitative estimate of drug-likeness (QED) is 0.589. The van der Waals surface area contributed by atoms with Crippen molar-refractivity contribution in [1.82, 2.24) is 20.6 Å². The summed E-state index contributed by atoms with van der Waals surface area (Å²) in [7, 11) is 0. The smallest absolute Gasteiger partial charge is 0.242 e. The molecule has 3 heterocycles. The van der Waals surface area contributed by atoms with Gasteiger partial charge in [-0.2, -0.15) is 0 Å². The van der Waals surface area contributed by atoms with Crippen molar-refractivity contribution in [2.75, 3.05) is 24.5 Å². The highest BCUT2D eigenvalue weighted by Gasteiger charge is 2.32. The number of hydrogen-bond acceptors (Lipinski definition) is 6. The summed E-state index contributed by atoms with van der Waals surface area (Å²) in [5.41, 5.74) is 0. The number of rotatable bonds is 6. The number of carbonyl (C=O) groups excluding carboxylic acids is 1. The molecule has 0 bridgehead atoms. The van der Waals surface area contributed by atoms with Crippen LogP contribution < -0.4 is 15.5 Å². The molecule has 7 heteroatoms. The van der Waals surface area contributed by atoms with Crippen molar-refractivity contribution in [2.24, 2.45) is 0 Å². The zero-order valence-corrected chi connectivity index (χ0v) is 16.6. The molecule has 4 rings (SSSR count). The van der Waals surface area contributed by atoms with Gasteiger partial charge in [0.05, 0.1) is 5.39 Å². The van der Waals surface area contributed by atoms with Gasteiger partial charge in [-0.1, -0.05) is 25.7 Å². The summed E-state index contributed by atoms with van der Waals surface area (Å²) in [5, 5.41) is 9.85. The Bertz CT molecular complexity index is 756. The SMILES string of the molecule is O=C(NCCNC1CCCCCC1)C1CCCN1c1ncnc2sccc12. The Hall–Kier alpha value is -1.73. The molecule has 1 saturated heterocycles. The van der Waals surface area contributed by atoms with Crippen LogP contribution in [0.1, 0.15) is 51.4 Å². The Morgan fingerprint density at radius 1 is 1.11 bits per heavy atom. The first-order valence-corrected chi connectivity index (χ1v) is 11.2. The minimum Gasteiger partial charge on any atom is -0.353 e. The van der Waals surface area contributed by atoms with E-state index in [1.807, 2.05) is 5.38 Å². The van der Waals surface area contributed by atoms with Gasteiger partial charge in [0.1, 0.15) is 23.0 Å². The van der Waals surface area contributed by atoms with Crippen LogP contribution in [0.3, 0.4) is 0 Å². The van der Waals surface area contributed by atoms with Gasteiger partial charge < -0.3 is 15.5 Å². The van der Waals surface area contributed by atoms with Crippen molar-refractivity contribution in [2.45, 2.75) is 63.5 Å². The number of aromatic nitrogens is 2. The van der Waals surface area contributed by atoms with Crippen LogP contribution in [0, 0.1) is 0 Å². The van der Waals surface area contributed by atoms with Crippen LogP contribution in [-0.2, 0) is 4.79 Å². The van der Waals surface area contributed by atoms with Gasteiger partial charge in [-0.05, 0) is 37.1 Å². The number of fused-ring (bicyclic) bond motifs is 1. The Labute approximate surface area is 164 Å². The normalized spacial score (nSPS) is 21.5. The van der Waals surface area contributed by atoms with Crippen molar-refractivity contribution < 1.29 is 4.79 Å². The lowest BCUT2D eigenvalue weighted by Gasteiger charge is -2.25. The molecule has 146 valence electrons. The lowest BCUT2D eigenvalue weighted by molar-refractivity contribution is -0.122. The lowest BCUT2D eigenvalue weighted by Crippen LogP contribution is -2.46. The van der Waals surface area contributed by atoms with E-state index in [0.717, 1.165) is 42.0 Å². The van der Waals surface area contributed by atoms with Crippen LogP contribution in [0.15, 0.2) is 17.8 Å². The van der Waals surface area contributed by atoms with E-state index in [2.05, 4.69) is 31.6 Å². The van der Waals surface area contributed by atoms with E-state index in [-0.39, 0.29) is 11.9 Å². The van der Waals surface area contributed by atoms with Crippen LogP contribution >= 0.6 is 11.3 Å². The minimum atomic E-state index is -0.124. The third-order valence-electron chi connectivity index (χ3n) is 5.78. The van der Waals surface area contributed by atoms with Crippen LogP contribution in [-0.4, -0.2) is 47.6 Å².